The topological polar surface area (TPSA) is 61.4 Å². The maximum Gasteiger partial charge on any atom is 0.315 e. The first-order chi connectivity index (χ1) is 9.66. The van der Waals surface area contributed by atoms with E-state index in [1.54, 1.807) is 12.1 Å². The summed E-state index contributed by atoms with van der Waals surface area (Å²) in [5.74, 6) is -0.266. The Balaban J connectivity index is 1.77. The summed E-state index contributed by atoms with van der Waals surface area (Å²) in [6, 6.07) is 6.11. The molecule has 0 spiro atoms. The van der Waals surface area contributed by atoms with Gasteiger partial charge in [0.15, 0.2) is 0 Å². The maximum atomic E-state index is 12.9. The van der Waals surface area contributed by atoms with Crippen LogP contribution in [0.4, 0.5) is 9.18 Å². The highest BCUT2D eigenvalue weighted by atomic mass is 19.1. The molecule has 1 fully saturated rings. The molecule has 1 saturated carbocycles. The average molecular weight is 280 g/mol. The van der Waals surface area contributed by atoms with Crippen molar-refractivity contribution in [2.75, 3.05) is 13.2 Å². The van der Waals surface area contributed by atoms with E-state index in [1.807, 2.05) is 0 Å². The van der Waals surface area contributed by atoms with Crippen molar-refractivity contribution in [1.82, 2.24) is 10.6 Å². The lowest BCUT2D eigenvalue weighted by atomic mass is 10.1. The standard InChI is InChI=1S/C15H21FN2O2/c16-13-6-4-12(5-7-13)15(8-9-15)18-14(20)17-10-2-1-3-11-19/h4-7,19H,1-3,8-11H2,(H2,17,18,20). The summed E-state index contributed by atoms with van der Waals surface area (Å²) < 4.78 is 12.9. The van der Waals surface area contributed by atoms with Crippen LogP contribution < -0.4 is 10.6 Å². The number of aliphatic hydroxyl groups is 1. The molecule has 0 saturated heterocycles. The Bertz CT molecular complexity index is 444. The third-order valence-corrected chi connectivity index (χ3v) is 3.62. The van der Waals surface area contributed by atoms with Gasteiger partial charge in [0.25, 0.3) is 0 Å². The van der Waals surface area contributed by atoms with Gasteiger partial charge in [-0.05, 0) is 49.8 Å². The molecular weight excluding hydrogens is 259 g/mol. The maximum absolute atomic E-state index is 12.9. The average Bonchev–Trinajstić information content (AvgIpc) is 3.20. The number of carbonyl (C=O) groups excluding carboxylic acids is 1. The van der Waals surface area contributed by atoms with Crippen LogP contribution >= 0.6 is 0 Å². The van der Waals surface area contributed by atoms with Crippen LogP contribution in [0.5, 0.6) is 0 Å². The smallest absolute Gasteiger partial charge is 0.315 e. The molecule has 0 radical (unpaired) electrons. The lowest BCUT2D eigenvalue weighted by Crippen LogP contribution is -2.42. The van der Waals surface area contributed by atoms with Gasteiger partial charge in [0.2, 0.25) is 0 Å². The minimum absolute atomic E-state index is 0.184. The number of carbonyl (C=O) groups is 1. The van der Waals surface area contributed by atoms with Gasteiger partial charge in [0, 0.05) is 13.2 Å². The summed E-state index contributed by atoms with van der Waals surface area (Å²) in [7, 11) is 0. The summed E-state index contributed by atoms with van der Waals surface area (Å²) in [5, 5.41) is 14.4. The van der Waals surface area contributed by atoms with Crippen LogP contribution in [0.25, 0.3) is 0 Å². The van der Waals surface area contributed by atoms with Gasteiger partial charge in [0.1, 0.15) is 5.82 Å². The molecule has 0 aromatic heterocycles. The molecule has 1 aliphatic carbocycles. The highest BCUT2D eigenvalue weighted by Crippen LogP contribution is 2.45. The van der Waals surface area contributed by atoms with Crippen molar-refractivity contribution in [2.45, 2.75) is 37.6 Å². The first-order valence-electron chi connectivity index (χ1n) is 7.09. The van der Waals surface area contributed by atoms with Gasteiger partial charge in [-0.1, -0.05) is 12.1 Å². The van der Waals surface area contributed by atoms with E-state index in [0.29, 0.717) is 6.54 Å². The molecule has 1 aliphatic rings. The molecule has 0 heterocycles. The van der Waals surface area contributed by atoms with Crippen molar-refractivity contribution >= 4 is 6.03 Å². The van der Waals surface area contributed by atoms with E-state index in [9.17, 15) is 9.18 Å². The van der Waals surface area contributed by atoms with E-state index in [4.69, 9.17) is 5.11 Å². The summed E-state index contributed by atoms with van der Waals surface area (Å²) >= 11 is 0. The van der Waals surface area contributed by atoms with E-state index in [-0.39, 0.29) is 24.0 Å². The fourth-order valence-electron chi connectivity index (χ4n) is 2.26. The quantitative estimate of drug-likeness (QED) is 0.671. The second-order valence-corrected chi connectivity index (χ2v) is 5.25. The summed E-state index contributed by atoms with van der Waals surface area (Å²) in [6.07, 6.45) is 4.30. The number of halogens is 1. The lowest BCUT2D eigenvalue weighted by Gasteiger charge is -2.18. The second-order valence-electron chi connectivity index (χ2n) is 5.25. The molecular formula is C15H21FN2O2. The van der Waals surface area contributed by atoms with E-state index in [1.165, 1.54) is 12.1 Å². The summed E-state index contributed by atoms with van der Waals surface area (Å²) in [6.45, 7) is 0.797. The minimum atomic E-state index is -0.317. The van der Waals surface area contributed by atoms with Crippen molar-refractivity contribution < 1.29 is 14.3 Å². The molecule has 5 heteroatoms. The number of amides is 2. The van der Waals surface area contributed by atoms with E-state index in [2.05, 4.69) is 10.6 Å². The largest absolute Gasteiger partial charge is 0.396 e. The van der Waals surface area contributed by atoms with Crippen molar-refractivity contribution in [3.8, 4) is 0 Å². The van der Waals surface area contributed by atoms with E-state index in [0.717, 1.165) is 37.7 Å². The monoisotopic (exact) mass is 280 g/mol. The van der Waals surface area contributed by atoms with Crippen molar-refractivity contribution in [3.63, 3.8) is 0 Å². The van der Waals surface area contributed by atoms with Crippen LogP contribution in [-0.2, 0) is 5.54 Å². The van der Waals surface area contributed by atoms with Crippen LogP contribution in [-0.4, -0.2) is 24.3 Å². The molecule has 1 aromatic carbocycles. The summed E-state index contributed by atoms with van der Waals surface area (Å²) in [4.78, 5) is 11.8. The molecule has 110 valence electrons. The van der Waals surface area contributed by atoms with Crippen molar-refractivity contribution in [3.05, 3.63) is 35.6 Å². The Morgan fingerprint density at radius 3 is 2.50 bits per heavy atom. The Labute approximate surface area is 118 Å². The Kier molecular flexibility index (Phi) is 4.95. The first-order valence-corrected chi connectivity index (χ1v) is 7.09. The van der Waals surface area contributed by atoms with Gasteiger partial charge < -0.3 is 15.7 Å². The molecule has 1 aromatic rings. The minimum Gasteiger partial charge on any atom is -0.396 e. The lowest BCUT2D eigenvalue weighted by molar-refractivity contribution is 0.235. The molecule has 0 aliphatic heterocycles. The van der Waals surface area contributed by atoms with Crippen LogP contribution in [0.1, 0.15) is 37.7 Å². The van der Waals surface area contributed by atoms with Crippen molar-refractivity contribution in [2.24, 2.45) is 0 Å². The number of nitrogens with one attached hydrogen (secondary N) is 2. The zero-order valence-corrected chi connectivity index (χ0v) is 11.5. The van der Waals surface area contributed by atoms with Crippen LogP contribution in [0.15, 0.2) is 24.3 Å². The molecule has 0 bridgehead atoms. The van der Waals surface area contributed by atoms with Crippen LogP contribution in [0, 0.1) is 5.82 Å². The number of hydrogen-bond donors (Lipinski definition) is 3. The van der Waals surface area contributed by atoms with Crippen LogP contribution in [0.3, 0.4) is 0 Å². The molecule has 0 unspecified atom stereocenters. The van der Waals surface area contributed by atoms with Gasteiger partial charge in [-0.3, -0.25) is 0 Å². The molecule has 2 amide bonds. The van der Waals surface area contributed by atoms with Crippen LogP contribution in [0.2, 0.25) is 0 Å². The molecule has 4 nitrogen and oxygen atoms in total. The zero-order chi connectivity index (χ0) is 14.4. The summed E-state index contributed by atoms with van der Waals surface area (Å²) in [5.41, 5.74) is 0.636. The fourth-order valence-corrected chi connectivity index (χ4v) is 2.26. The normalized spacial score (nSPS) is 15.7. The molecule has 3 N–H and O–H groups in total. The fraction of sp³-hybridized carbons (Fsp3) is 0.533. The van der Waals surface area contributed by atoms with E-state index >= 15 is 0 Å². The third-order valence-electron chi connectivity index (χ3n) is 3.62. The number of unbranched alkanes of at least 4 members (excludes halogenated alkanes) is 2. The number of hydrogen-bond acceptors (Lipinski definition) is 2. The zero-order valence-electron chi connectivity index (χ0n) is 11.5. The highest BCUT2D eigenvalue weighted by Gasteiger charge is 2.45. The number of benzene rings is 1. The van der Waals surface area contributed by atoms with Crippen molar-refractivity contribution in [1.29, 1.82) is 0 Å². The SMILES string of the molecule is O=C(NCCCCCO)NC1(c2ccc(F)cc2)CC1. The Morgan fingerprint density at radius 2 is 1.90 bits per heavy atom. The number of urea groups is 1. The van der Waals surface area contributed by atoms with Gasteiger partial charge in [-0.15, -0.1) is 0 Å². The molecule has 20 heavy (non-hydrogen) atoms. The number of aliphatic hydroxyl groups excluding tert-OH is 1. The first kappa shape index (κ1) is 14.8. The third kappa shape index (κ3) is 3.93. The predicted octanol–water partition coefficient (Wildman–Crippen LogP) is 2.28. The van der Waals surface area contributed by atoms with Gasteiger partial charge in [-0.25, -0.2) is 9.18 Å². The highest BCUT2D eigenvalue weighted by molar-refractivity contribution is 5.75. The molecule has 2 rings (SSSR count). The number of rotatable bonds is 7. The van der Waals surface area contributed by atoms with Gasteiger partial charge in [-0.2, -0.15) is 0 Å². The van der Waals surface area contributed by atoms with Gasteiger partial charge >= 0.3 is 6.03 Å². The Hall–Kier alpha value is -1.62. The second kappa shape index (κ2) is 6.70. The Morgan fingerprint density at radius 1 is 1.20 bits per heavy atom. The van der Waals surface area contributed by atoms with E-state index < -0.39 is 0 Å². The molecule has 0 atom stereocenters. The predicted molar refractivity (Wildman–Crippen MR) is 74.8 cm³/mol. The van der Waals surface area contributed by atoms with Gasteiger partial charge in [0.05, 0.1) is 5.54 Å².